The lowest BCUT2D eigenvalue weighted by atomic mass is 10.0. The largest absolute Gasteiger partial charge is 0.379 e. The highest BCUT2D eigenvalue weighted by atomic mass is 16.5. The minimum absolute atomic E-state index is 0.411. The van der Waals surface area contributed by atoms with Gasteiger partial charge in [-0.05, 0) is 19.3 Å². The summed E-state index contributed by atoms with van der Waals surface area (Å²) in [4.78, 5) is 4.64. The minimum Gasteiger partial charge on any atom is -0.379 e. The van der Waals surface area contributed by atoms with Crippen LogP contribution in [0.2, 0.25) is 0 Å². The third-order valence-electron chi connectivity index (χ3n) is 6.29. The standard InChI is InChI=1S/C18H25N7O2/c1-22-11-24(13-5-7-26-9-13)18-17(22)20-19-10-25(18)23-6-4-15-14(8-23)16(27-21-15)12-2-3-12/h12-13H,2-11H2,1H3/t13-/m0/s1. The molecule has 1 saturated carbocycles. The fourth-order valence-electron chi connectivity index (χ4n) is 4.64. The zero-order chi connectivity index (χ0) is 18.0. The van der Waals surface area contributed by atoms with Crippen LogP contribution in [0.4, 0.5) is 0 Å². The number of fused-ring (bicyclic) bond motifs is 1. The molecule has 27 heavy (non-hydrogen) atoms. The van der Waals surface area contributed by atoms with Gasteiger partial charge < -0.3 is 19.1 Å². The molecule has 1 aromatic rings. The van der Waals surface area contributed by atoms with E-state index in [0.29, 0.717) is 18.6 Å². The molecule has 6 rings (SSSR count). The molecule has 2 fully saturated rings. The Morgan fingerprint density at radius 2 is 2.11 bits per heavy atom. The summed E-state index contributed by atoms with van der Waals surface area (Å²) in [5.41, 5.74) is 2.45. The Morgan fingerprint density at radius 1 is 1.19 bits per heavy atom. The van der Waals surface area contributed by atoms with Gasteiger partial charge in [-0.3, -0.25) is 5.01 Å². The SMILES string of the molecule is CN1CN([C@H]2CCOC2)C2=C1N=NCN2N1CCc2noc(C3CC3)c2C1. The van der Waals surface area contributed by atoms with Crippen LogP contribution in [-0.4, -0.2) is 71.2 Å². The van der Waals surface area contributed by atoms with Crippen molar-refractivity contribution in [1.29, 1.82) is 0 Å². The quantitative estimate of drug-likeness (QED) is 0.800. The highest BCUT2D eigenvalue weighted by molar-refractivity contribution is 5.30. The van der Waals surface area contributed by atoms with E-state index in [0.717, 1.165) is 63.1 Å². The predicted octanol–water partition coefficient (Wildman–Crippen LogP) is 1.67. The van der Waals surface area contributed by atoms with Gasteiger partial charge >= 0.3 is 0 Å². The van der Waals surface area contributed by atoms with Crippen molar-refractivity contribution in [2.24, 2.45) is 10.2 Å². The molecular formula is C18H25N7O2. The third kappa shape index (κ3) is 2.48. The second-order valence-electron chi connectivity index (χ2n) is 8.14. The van der Waals surface area contributed by atoms with Gasteiger partial charge in [0.15, 0.2) is 11.6 Å². The van der Waals surface area contributed by atoms with Gasteiger partial charge in [0.2, 0.25) is 0 Å². The summed E-state index contributed by atoms with van der Waals surface area (Å²) in [6.45, 7) is 4.80. The van der Waals surface area contributed by atoms with Gasteiger partial charge in [-0.25, -0.2) is 5.01 Å². The lowest BCUT2D eigenvalue weighted by Crippen LogP contribution is -2.50. The summed E-state index contributed by atoms with van der Waals surface area (Å²) >= 11 is 0. The number of aromatic nitrogens is 1. The Hall–Kier alpha value is -2.13. The van der Waals surface area contributed by atoms with Gasteiger partial charge in [-0.1, -0.05) is 5.16 Å². The number of azo groups is 1. The molecule has 1 aliphatic carbocycles. The van der Waals surface area contributed by atoms with Crippen LogP contribution in [0.15, 0.2) is 26.4 Å². The van der Waals surface area contributed by atoms with Crippen LogP contribution in [0.3, 0.4) is 0 Å². The molecule has 0 unspecified atom stereocenters. The Balaban J connectivity index is 1.31. The van der Waals surface area contributed by atoms with Crippen molar-refractivity contribution < 1.29 is 9.26 Å². The Kier molecular flexibility index (Phi) is 3.49. The van der Waals surface area contributed by atoms with E-state index in [1.54, 1.807) is 0 Å². The van der Waals surface area contributed by atoms with Crippen molar-refractivity contribution in [3.63, 3.8) is 0 Å². The number of rotatable bonds is 3. The molecule has 1 atom stereocenters. The van der Waals surface area contributed by atoms with Gasteiger partial charge in [0.25, 0.3) is 0 Å². The number of hydrazine groups is 1. The first-order valence-corrected chi connectivity index (χ1v) is 9.96. The van der Waals surface area contributed by atoms with Crippen molar-refractivity contribution in [3.05, 3.63) is 28.7 Å². The van der Waals surface area contributed by atoms with Crippen molar-refractivity contribution in [1.82, 2.24) is 25.0 Å². The fourth-order valence-corrected chi connectivity index (χ4v) is 4.64. The average Bonchev–Trinajstić information content (AvgIpc) is 3.10. The zero-order valence-corrected chi connectivity index (χ0v) is 15.7. The molecule has 1 aromatic heterocycles. The third-order valence-corrected chi connectivity index (χ3v) is 6.29. The molecule has 0 aromatic carbocycles. The van der Waals surface area contributed by atoms with E-state index in [4.69, 9.17) is 9.26 Å². The van der Waals surface area contributed by atoms with Crippen LogP contribution in [0.5, 0.6) is 0 Å². The molecule has 5 heterocycles. The molecule has 1 saturated heterocycles. The van der Waals surface area contributed by atoms with Gasteiger partial charge in [0, 0.05) is 44.6 Å². The number of hydrogen-bond acceptors (Lipinski definition) is 9. The van der Waals surface area contributed by atoms with Crippen LogP contribution in [0, 0.1) is 0 Å². The average molecular weight is 371 g/mol. The van der Waals surface area contributed by atoms with E-state index in [1.165, 1.54) is 24.2 Å². The first-order chi connectivity index (χ1) is 13.3. The van der Waals surface area contributed by atoms with E-state index in [9.17, 15) is 0 Å². The first kappa shape index (κ1) is 15.9. The molecule has 0 amide bonds. The van der Waals surface area contributed by atoms with Gasteiger partial charge in [0.1, 0.15) is 12.4 Å². The van der Waals surface area contributed by atoms with E-state index in [2.05, 4.69) is 42.3 Å². The van der Waals surface area contributed by atoms with Gasteiger partial charge in [0.05, 0.1) is 25.0 Å². The number of nitrogens with zero attached hydrogens (tertiary/aromatic N) is 7. The number of ether oxygens (including phenoxy) is 1. The van der Waals surface area contributed by atoms with Crippen LogP contribution in [0.1, 0.15) is 42.2 Å². The Morgan fingerprint density at radius 3 is 2.93 bits per heavy atom. The van der Waals surface area contributed by atoms with Crippen LogP contribution >= 0.6 is 0 Å². The molecule has 0 spiro atoms. The van der Waals surface area contributed by atoms with Crippen LogP contribution in [0.25, 0.3) is 0 Å². The van der Waals surface area contributed by atoms with Gasteiger partial charge in [-0.2, -0.15) is 5.11 Å². The molecule has 4 aliphatic heterocycles. The van der Waals surface area contributed by atoms with Crippen LogP contribution in [-0.2, 0) is 17.7 Å². The maximum atomic E-state index is 5.70. The molecule has 0 N–H and O–H groups in total. The predicted molar refractivity (Wildman–Crippen MR) is 94.9 cm³/mol. The van der Waals surface area contributed by atoms with Crippen molar-refractivity contribution in [3.8, 4) is 0 Å². The topological polar surface area (TPSA) is 72.9 Å². The van der Waals surface area contributed by atoms with E-state index >= 15 is 0 Å². The lowest BCUT2D eigenvalue weighted by Gasteiger charge is -2.42. The molecule has 9 heteroatoms. The van der Waals surface area contributed by atoms with Crippen molar-refractivity contribution in [2.45, 2.75) is 44.2 Å². The fraction of sp³-hybridized carbons (Fsp3) is 0.722. The molecule has 5 aliphatic rings. The van der Waals surface area contributed by atoms with E-state index < -0.39 is 0 Å². The summed E-state index contributed by atoms with van der Waals surface area (Å²) in [5, 5.41) is 18.0. The summed E-state index contributed by atoms with van der Waals surface area (Å²) < 4.78 is 11.4. The highest BCUT2D eigenvalue weighted by Crippen LogP contribution is 2.44. The van der Waals surface area contributed by atoms with E-state index in [1.807, 2.05) is 0 Å². The van der Waals surface area contributed by atoms with Crippen LogP contribution < -0.4 is 0 Å². The molecule has 144 valence electrons. The minimum atomic E-state index is 0.411. The lowest BCUT2D eigenvalue weighted by molar-refractivity contribution is -0.0383. The summed E-state index contributed by atoms with van der Waals surface area (Å²) in [7, 11) is 2.09. The summed E-state index contributed by atoms with van der Waals surface area (Å²) in [6.07, 6.45) is 4.45. The second-order valence-corrected chi connectivity index (χ2v) is 8.14. The van der Waals surface area contributed by atoms with Crippen molar-refractivity contribution >= 4 is 0 Å². The monoisotopic (exact) mass is 371 g/mol. The summed E-state index contributed by atoms with van der Waals surface area (Å²) in [6, 6.07) is 0.411. The molecule has 0 radical (unpaired) electrons. The maximum Gasteiger partial charge on any atom is 0.194 e. The number of hydrogen-bond donors (Lipinski definition) is 0. The smallest absolute Gasteiger partial charge is 0.194 e. The molecule has 9 nitrogen and oxygen atoms in total. The maximum absolute atomic E-state index is 5.70. The normalized spacial score (nSPS) is 28.3. The molecular weight excluding hydrogens is 346 g/mol. The first-order valence-electron chi connectivity index (χ1n) is 9.96. The summed E-state index contributed by atoms with van der Waals surface area (Å²) in [5.74, 6) is 3.84. The van der Waals surface area contributed by atoms with E-state index in [-0.39, 0.29) is 0 Å². The zero-order valence-electron chi connectivity index (χ0n) is 15.7. The second kappa shape index (κ2) is 5.93. The van der Waals surface area contributed by atoms with Crippen molar-refractivity contribution in [2.75, 3.05) is 40.1 Å². The Labute approximate surface area is 158 Å². The van der Waals surface area contributed by atoms with Gasteiger partial charge in [-0.15, -0.1) is 5.11 Å². The molecule has 0 bridgehead atoms. The Bertz CT molecular complexity index is 809. The highest BCUT2D eigenvalue weighted by Gasteiger charge is 2.42.